The first-order valence-corrected chi connectivity index (χ1v) is 7.48. The van der Waals surface area contributed by atoms with E-state index < -0.39 is 5.82 Å². The van der Waals surface area contributed by atoms with Gasteiger partial charge in [0.25, 0.3) is 5.91 Å². The number of rotatable bonds is 4. The molecule has 1 amide bonds. The van der Waals surface area contributed by atoms with E-state index >= 15 is 0 Å². The summed E-state index contributed by atoms with van der Waals surface area (Å²) in [6.07, 6.45) is 0. The van der Waals surface area contributed by atoms with Crippen molar-refractivity contribution in [1.82, 2.24) is 5.32 Å². The van der Waals surface area contributed by atoms with E-state index in [-0.39, 0.29) is 22.5 Å². The highest BCUT2D eigenvalue weighted by Crippen LogP contribution is 2.18. The molecule has 2 aromatic rings. The third-order valence-corrected chi connectivity index (χ3v) is 3.80. The van der Waals surface area contributed by atoms with Gasteiger partial charge in [-0.1, -0.05) is 57.9 Å². The molecule has 0 radical (unpaired) electrons. The molecule has 0 fully saturated rings. The van der Waals surface area contributed by atoms with Crippen LogP contribution in [0.3, 0.4) is 0 Å². The molecule has 1 atom stereocenters. The van der Waals surface area contributed by atoms with Crippen molar-refractivity contribution in [2.75, 3.05) is 5.33 Å². The van der Waals surface area contributed by atoms with Crippen LogP contribution in [0.25, 0.3) is 0 Å². The van der Waals surface area contributed by atoms with Crippen LogP contribution in [0.5, 0.6) is 0 Å². The lowest BCUT2D eigenvalue weighted by atomic mass is 10.1. The van der Waals surface area contributed by atoms with Gasteiger partial charge in [0.2, 0.25) is 0 Å². The Hall–Kier alpha value is -1.39. The molecule has 0 aliphatic rings. The van der Waals surface area contributed by atoms with Gasteiger partial charge in [0, 0.05) is 10.9 Å². The highest BCUT2D eigenvalue weighted by Gasteiger charge is 2.15. The van der Waals surface area contributed by atoms with Crippen LogP contribution >= 0.6 is 27.5 Å². The third kappa shape index (κ3) is 3.58. The zero-order valence-electron chi connectivity index (χ0n) is 10.4. The largest absolute Gasteiger partial charge is 0.344 e. The van der Waals surface area contributed by atoms with Crippen molar-refractivity contribution in [1.29, 1.82) is 0 Å². The molecule has 0 saturated carbocycles. The first-order valence-electron chi connectivity index (χ1n) is 5.98. The van der Waals surface area contributed by atoms with Gasteiger partial charge in [-0.25, -0.2) is 4.39 Å². The van der Waals surface area contributed by atoms with Crippen LogP contribution < -0.4 is 5.32 Å². The quantitative estimate of drug-likeness (QED) is 0.811. The van der Waals surface area contributed by atoms with Gasteiger partial charge in [-0.15, -0.1) is 0 Å². The van der Waals surface area contributed by atoms with E-state index in [0.29, 0.717) is 5.33 Å². The summed E-state index contributed by atoms with van der Waals surface area (Å²) in [6, 6.07) is 13.4. The number of alkyl halides is 1. The molecule has 104 valence electrons. The lowest BCUT2D eigenvalue weighted by molar-refractivity contribution is 0.0940. The summed E-state index contributed by atoms with van der Waals surface area (Å²) in [6.45, 7) is 0. The van der Waals surface area contributed by atoms with Gasteiger partial charge in [0.1, 0.15) is 5.82 Å². The van der Waals surface area contributed by atoms with Gasteiger partial charge in [0.15, 0.2) is 0 Å². The van der Waals surface area contributed by atoms with Gasteiger partial charge in [-0.05, 0) is 23.8 Å². The fourth-order valence-electron chi connectivity index (χ4n) is 1.78. The minimum absolute atomic E-state index is 0.00153. The lowest BCUT2D eigenvalue weighted by Crippen LogP contribution is -2.29. The smallest absolute Gasteiger partial charge is 0.251 e. The summed E-state index contributed by atoms with van der Waals surface area (Å²) in [4.78, 5) is 12.1. The van der Waals surface area contributed by atoms with Crippen molar-refractivity contribution >= 4 is 33.4 Å². The fourth-order valence-corrected chi connectivity index (χ4v) is 2.43. The Bertz CT molecular complexity index is 606. The number of amides is 1. The zero-order valence-corrected chi connectivity index (χ0v) is 12.8. The maximum Gasteiger partial charge on any atom is 0.251 e. The molecule has 0 bridgehead atoms. The van der Waals surface area contributed by atoms with E-state index in [2.05, 4.69) is 21.2 Å². The summed E-state index contributed by atoms with van der Waals surface area (Å²) in [7, 11) is 0. The molecule has 0 saturated heterocycles. The van der Waals surface area contributed by atoms with Crippen molar-refractivity contribution in [3.63, 3.8) is 0 Å². The number of hydrogen-bond acceptors (Lipinski definition) is 1. The summed E-state index contributed by atoms with van der Waals surface area (Å²) in [5, 5.41) is 3.42. The summed E-state index contributed by atoms with van der Waals surface area (Å²) in [5.41, 5.74) is 1.22. The van der Waals surface area contributed by atoms with Gasteiger partial charge in [-0.3, -0.25) is 4.79 Å². The number of carbonyl (C=O) groups is 1. The van der Waals surface area contributed by atoms with E-state index in [4.69, 9.17) is 11.6 Å². The molecule has 0 aliphatic carbocycles. The molecule has 0 aromatic heterocycles. The van der Waals surface area contributed by atoms with Gasteiger partial charge in [0.05, 0.1) is 11.1 Å². The minimum atomic E-state index is -0.602. The van der Waals surface area contributed by atoms with E-state index in [1.807, 2.05) is 30.3 Å². The minimum Gasteiger partial charge on any atom is -0.344 e. The number of carbonyl (C=O) groups excluding carboxylic acids is 1. The molecule has 1 N–H and O–H groups in total. The van der Waals surface area contributed by atoms with Crippen molar-refractivity contribution in [2.45, 2.75) is 6.04 Å². The second-order valence-electron chi connectivity index (χ2n) is 4.22. The SMILES string of the molecule is O=C(NC(CBr)c1ccccc1)c1ccc(Cl)c(F)c1. The van der Waals surface area contributed by atoms with Crippen LogP contribution in [0.1, 0.15) is 22.0 Å². The molecule has 1 unspecified atom stereocenters. The number of halogens is 3. The average Bonchev–Trinajstić information content (AvgIpc) is 2.48. The summed E-state index contributed by atoms with van der Waals surface area (Å²) < 4.78 is 13.4. The Labute approximate surface area is 130 Å². The number of benzene rings is 2. The molecular formula is C15H12BrClFNO. The first-order chi connectivity index (χ1) is 9.61. The van der Waals surface area contributed by atoms with Crippen LogP contribution in [0, 0.1) is 5.82 Å². The Kier molecular flexibility index (Phi) is 5.15. The third-order valence-electron chi connectivity index (χ3n) is 2.84. The molecule has 2 nitrogen and oxygen atoms in total. The van der Waals surface area contributed by atoms with Crippen molar-refractivity contribution in [3.8, 4) is 0 Å². The second kappa shape index (κ2) is 6.86. The van der Waals surface area contributed by atoms with E-state index in [0.717, 1.165) is 11.6 Å². The topological polar surface area (TPSA) is 29.1 Å². The second-order valence-corrected chi connectivity index (χ2v) is 5.27. The Morgan fingerprint density at radius 1 is 1.25 bits per heavy atom. The zero-order chi connectivity index (χ0) is 14.5. The van der Waals surface area contributed by atoms with Crippen LogP contribution in [-0.4, -0.2) is 11.2 Å². The highest BCUT2D eigenvalue weighted by atomic mass is 79.9. The standard InChI is InChI=1S/C15H12BrClFNO/c16-9-14(10-4-2-1-3-5-10)19-15(20)11-6-7-12(17)13(18)8-11/h1-8,14H,9H2,(H,19,20). The monoisotopic (exact) mass is 355 g/mol. The van der Waals surface area contributed by atoms with Crippen LogP contribution in [0.4, 0.5) is 4.39 Å². The molecule has 2 aromatic carbocycles. The van der Waals surface area contributed by atoms with Crippen molar-refractivity contribution in [2.24, 2.45) is 0 Å². The first kappa shape index (κ1) is 15.0. The molecule has 20 heavy (non-hydrogen) atoms. The van der Waals surface area contributed by atoms with Crippen LogP contribution in [-0.2, 0) is 0 Å². The molecular weight excluding hydrogens is 345 g/mol. The van der Waals surface area contributed by atoms with Crippen molar-refractivity contribution in [3.05, 3.63) is 70.5 Å². The predicted molar refractivity (Wildman–Crippen MR) is 81.9 cm³/mol. The predicted octanol–water partition coefficient (Wildman–Crippen LogP) is 4.35. The Morgan fingerprint density at radius 2 is 1.95 bits per heavy atom. The van der Waals surface area contributed by atoms with Crippen molar-refractivity contribution < 1.29 is 9.18 Å². The van der Waals surface area contributed by atoms with Gasteiger partial charge in [-0.2, -0.15) is 0 Å². The maximum absolute atomic E-state index is 13.4. The summed E-state index contributed by atoms with van der Waals surface area (Å²) >= 11 is 8.97. The van der Waals surface area contributed by atoms with E-state index in [9.17, 15) is 9.18 Å². The molecule has 0 heterocycles. The van der Waals surface area contributed by atoms with Crippen LogP contribution in [0.15, 0.2) is 48.5 Å². The van der Waals surface area contributed by atoms with Gasteiger partial charge >= 0.3 is 0 Å². The Morgan fingerprint density at radius 3 is 2.55 bits per heavy atom. The van der Waals surface area contributed by atoms with E-state index in [1.165, 1.54) is 12.1 Å². The molecule has 2 rings (SSSR count). The normalized spacial score (nSPS) is 11.9. The molecule has 0 spiro atoms. The summed E-state index contributed by atoms with van der Waals surface area (Å²) in [5.74, 6) is -0.941. The number of nitrogens with one attached hydrogen (secondary N) is 1. The van der Waals surface area contributed by atoms with E-state index in [1.54, 1.807) is 0 Å². The highest BCUT2D eigenvalue weighted by molar-refractivity contribution is 9.09. The lowest BCUT2D eigenvalue weighted by Gasteiger charge is -2.16. The Balaban J connectivity index is 2.15. The molecule has 0 aliphatic heterocycles. The maximum atomic E-state index is 13.4. The molecule has 5 heteroatoms. The fraction of sp³-hybridized carbons (Fsp3) is 0.133. The average molecular weight is 357 g/mol. The van der Waals surface area contributed by atoms with Crippen LogP contribution in [0.2, 0.25) is 5.02 Å². The number of hydrogen-bond donors (Lipinski definition) is 1. The van der Waals surface area contributed by atoms with Gasteiger partial charge < -0.3 is 5.32 Å².